The van der Waals surface area contributed by atoms with Gasteiger partial charge in [0.2, 0.25) is 5.91 Å². The van der Waals surface area contributed by atoms with E-state index in [9.17, 15) is 4.79 Å². The van der Waals surface area contributed by atoms with Gasteiger partial charge in [-0.05, 0) is 42.7 Å². The SMILES string of the molecule is Cc1nc2c3ccccc3nc(SCC(=O)NC(c3ccc4c(c3)OCCCO4)C(C)C)n2n1. The van der Waals surface area contributed by atoms with Crippen molar-refractivity contribution < 1.29 is 14.3 Å². The molecule has 1 atom stereocenters. The average molecular weight is 478 g/mol. The molecule has 0 saturated carbocycles. The van der Waals surface area contributed by atoms with Gasteiger partial charge < -0.3 is 14.8 Å². The molecule has 9 heteroatoms. The number of para-hydroxylation sites is 1. The molecule has 4 aromatic rings. The molecule has 1 aliphatic heterocycles. The largest absolute Gasteiger partial charge is 0.490 e. The molecular formula is C25H27N5O3S. The van der Waals surface area contributed by atoms with Gasteiger partial charge in [0.25, 0.3) is 0 Å². The summed E-state index contributed by atoms with van der Waals surface area (Å²) in [6, 6.07) is 13.6. The van der Waals surface area contributed by atoms with Gasteiger partial charge in [0, 0.05) is 11.8 Å². The second-order valence-electron chi connectivity index (χ2n) is 8.64. The minimum atomic E-state index is -0.150. The molecule has 0 saturated heterocycles. The van der Waals surface area contributed by atoms with Gasteiger partial charge in [0.05, 0.1) is 30.5 Å². The minimum absolute atomic E-state index is 0.0734. The Morgan fingerprint density at radius 1 is 1.12 bits per heavy atom. The third kappa shape index (κ3) is 4.52. The van der Waals surface area contributed by atoms with Crippen LogP contribution in [0.3, 0.4) is 0 Å². The highest BCUT2D eigenvalue weighted by molar-refractivity contribution is 7.99. The first-order valence-corrected chi connectivity index (χ1v) is 12.4. The Morgan fingerprint density at radius 3 is 2.74 bits per heavy atom. The zero-order valence-corrected chi connectivity index (χ0v) is 20.3. The van der Waals surface area contributed by atoms with E-state index in [1.165, 1.54) is 11.8 Å². The summed E-state index contributed by atoms with van der Waals surface area (Å²) in [4.78, 5) is 22.3. The number of amides is 1. The molecule has 2 aromatic heterocycles. The van der Waals surface area contributed by atoms with E-state index in [-0.39, 0.29) is 23.6 Å². The van der Waals surface area contributed by atoms with Crippen LogP contribution in [-0.4, -0.2) is 44.5 Å². The van der Waals surface area contributed by atoms with Crippen molar-refractivity contribution in [3.05, 3.63) is 53.9 Å². The maximum absolute atomic E-state index is 13.0. The van der Waals surface area contributed by atoms with Crippen molar-refractivity contribution in [2.45, 2.75) is 38.4 Å². The maximum atomic E-state index is 13.0. The van der Waals surface area contributed by atoms with Crippen molar-refractivity contribution in [1.29, 1.82) is 0 Å². The fourth-order valence-electron chi connectivity index (χ4n) is 4.08. The molecule has 1 unspecified atom stereocenters. The number of aromatic nitrogens is 4. The van der Waals surface area contributed by atoms with Crippen molar-refractivity contribution in [1.82, 2.24) is 24.9 Å². The van der Waals surface area contributed by atoms with Crippen LogP contribution in [0.25, 0.3) is 16.6 Å². The number of ether oxygens (including phenoxy) is 2. The topological polar surface area (TPSA) is 90.6 Å². The third-order valence-corrected chi connectivity index (χ3v) is 6.63. The summed E-state index contributed by atoms with van der Waals surface area (Å²) in [6.07, 6.45) is 0.854. The highest BCUT2D eigenvalue weighted by Crippen LogP contribution is 2.34. The highest BCUT2D eigenvalue weighted by Gasteiger charge is 2.22. The van der Waals surface area contributed by atoms with Crippen LogP contribution in [0.5, 0.6) is 11.5 Å². The molecular weight excluding hydrogens is 450 g/mol. The summed E-state index contributed by atoms with van der Waals surface area (Å²) in [5.74, 6) is 2.48. The fraction of sp³-hybridized carbons (Fsp3) is 0.360. The molecule has 0 spiro atoms. The van der Waals surface area contributed by atoms with Gasteiger partial charge in [-0.15, -0.1) is 5.10 Å². The van der Waals surface area contributed by atoms with Gasteiger partial charge in [-0.25, -0.2) is 9.97 Å². The molecule has 3 heterocycles. The van der Waals surface area contributed by atoms with Crippen LogP contribution in [0.4, 0.5) is 0 Å². The molecule has 0 radical (unpaired) electrons. The van der Waals surface area contributed by atoms with Crippen LogP contribution in [0.2, 0.25) is 0 Å². The molecule has 0 aliphatic carbocycles. The van der Waals surface area contributed by atoms with Crippen molar-refractivity contribution >= 4 is 34.2 Å². The Balaban J connectivity index is 1.34. The Labute approximate surface area is 202 Å². The van der Waals surface area contributed by atoms with Crippen molar-refractivity contribution in [3.63, 3.8) is 0 Å². The summed E-state index contributed by atoms with van der Waals surface area (Å²) in [5.41, 5.74) is 2.58. The molecule has 8 nitrogen and oxygen atoms in total. The van der Waals surface area contributed by atoms with Gasteiger partial charge in [0.1, 0.15) is 5.82 Å². The molecule has 2 aromatic carbocycles. The summed E-state index contributed by atoms with van der Waals surface area (Å²) in [6.45, 7) is 7.31. The van der Waals surface area contributed by atoms with Crippen molar-refractivity contribution in [2.24, 2.45) is 5.92 Å². The van der Waals surface area contributed by atoms with Crippen LogP contribution in [-0.2, 0) is 4.79 Å². The second kappa shape index (κ2) is 9.50. The predicted molar refractivity (Wildman–Crippen MR) is 132 cm³/mol. The number of hydrogen-bond acceptors (Lipinski definition) is 7. The van der Waals surface area contributed by atoms with Gasteiger partial charge in [-0.2, -0.15) is 4.52 Å². The van der Waals surface area contributed by atoms with E-state index in [0.717, 1.165) is 40.0 Å². The number of nitrogens with zero attached hydrogens (tertiary/aromatic N) is 4. The lowest BCUT2D eigenvalue weighted by atomic mass is 9.95. The monoisotopic (exact) mass is 477 g/mol. The van der Waals surface area contributed by atoms with Crippen LogP contribution in [0.1, 0.15) is 37.7 Å². The Bertz CT molecular complexity index is 1350. The summed E-state index contributed by atoms with van der Waals surface area (Å²) >= 11 is 1.35. The van der Waals surface area contributed by atoms with Gasteiger partial charge in [0.15, 0.2) is 22.3 Å². The average Bonchev–Trinajstić information content (AvgIpc) is 3.07. The molecule has 0 fully saturated rings. The van der Waals surface area contributed by atoms with Gasteiger partial charge in [-0.1, -0.05) is 43.8 Å². The fourth-order valence-corrected chi connectivity index (χ4v) is 4.84. The number of carbonyl (C=O) groups excluding carboxylic acids is 1. The Morgan fingerprint density at radius 2 is 1.91 bits per heavy atom. The number of carbonyl (C=O) groups is 1. The number of rotatable bonds is 6. The molecule has 176 valence electrons. The van der Waals surface area contributed by atoms with Gasteiger partial charge in [-0.3, -0.25) is 4.79 Å². The van der Waals surface area contributed by atoms with E-state index >= 15 is 0 Å². The van der Waals surface area contributed by atoms with E-state index in [1.54, 1.807) is 4.52 Å². The van der Waals surface area contributed by atoms with E-state index in [4.69, 9.17) is 14.5 Å². The second-order valence-corrected chi connectivity index (χ2v) is 9.58. The lowest BCUT2D eigenvalue weighted by Gasteiger charge is -2.24. The van der Waals surface area contributed by atoms with Crippen LogP contribution in [0.15, 0.2) is 47.6 Å². The molecule has 0 bridgehead atoms. The van der Waals surface area contributed by atoms with E-state index in [0.29, 0.717) is 24.2 Å². The lowest BCUT2D eigenvalue weighted by Crippen LogP contribution is -2.33. The van der Waals surface area contributed by atoms with E-state index in [1.807, 2.05) is 49.4 Å². The quantitative estimate of drug-likeness (QED) is 0.326. The van der Waals surface area contributed by atoms with E-state index < -0.39 is 0 Å². The number of benzene rings is 2. The third-order valence-electron chi connectivity index (χ3n) is 5.70. The standard InChI is InChI=1S/C25H27N5O3S/c1-15(2)23(17-9-10-20-21(13-17)33-12-6-11-32-20)28-22(31)14-34-25-27-19-8-5-4-7-18(19)24-26-16(3)29-30(24)25/h4-5,7-10,13,15,23H,6,11-12,14H2,1-3H3,(H,28,31). The number of fused-ring (bicyclic) bond motifs is 4. The number of thioether (sulfide) groups is 1. The maximum Gasteiger partial charge on any atom is 0.230 e. The van der Waals surface area contributed by atoms with Crippen molar-refractivity contribution in [2.75, 3.05) is 19.0 Å². The number of nitrogens with one attached hydrogen (secondary N) is 1. The van der Waals surface area contributed by atoms with Crippen LogP contribution < -0.4 is 14.8 Å². The molecule has 5 rings (SSSR count). The van der Waals surface area contributed by atoms with Crippen molar-refractivity contribution in [3.8, 4) is 11.5 Å². The summed E-state index contributed by atoms with van der Waals surface area (Å²) in [7, 11) is 0. The number of hydrogen-bond donors (Lipinski definition) is 1. The molecule has 34 heavy (non-hydrogen) atoms. The highest BCUT2D eigenvalue weighted by atomic mass is 32.2. The summed E-state index contributed by atoms with van der Waals surface area (Å²) < 4.78 is 13.3. The lowest BCUT2D eigenvalue weighted by molar-refractivity contribution is -0.119. The van der Waals surface area contributed by atoms with Crippen LogP contribution >= 0.6 is 11.8 Å². The van der Waals surface area contributed by atoms with E-state index in [2.05, 4.69) is 29.2 Å². The minimum Gasteiger partial charge on any atom is -0.490 e. The normalized spacial score (nSPS) is 14.4. The summed E-state index contributed by atoms with van der Waals surface area (Å²) in [5, 5.41) is 9.25. The first-order valence-electron chi connectivity index (χ1n) is 11.4. The Hall–Kier alpha value is -3.33. The molecule has 1 aliphatic rings. The molecule has 1 amide bonds. The predicted octanol–water partition coefficient (Wildman–Crippen LogP) is 4.35. The Kier molecular flexibility index (Phi) is 6.28. The zero-order valence-electron chi connectivity index (χ0n) is 19.4. The first-order chi connectivity index (χ1) is 16.5. The first kappa shape index (κ1) is 22.5. The smallest absolute Gasteiger partial charge is 0.230 e. The molecule has 1 N–H and O–H groups in total. The van der Waals surface area contributed by atoms with Gasteiger partial charge >= 0.3 is 0 Å². The zero-order chi connectivity index (χ0) is 23.7. The van der Waals surface area contributed by atoms with Crippen LogP contribution in [0, 0.1) is 12.8 Å². The number of aryl methyl sites for hydroxylation is 1.